The molecule has 0 saturated carbocycles. The fourth-order valence-electron chi connectivity index (χ4n) is 2.94. The van der Waals surface area contributed by atoms with E-state index in [4.69, 9.17) is 9.47 Å². The minimum absolute atomic E-state index is 0. The molecule has 160 valence electrons. The van der Waals surface area contributed by atoms with Crippen LogP contribution in [0.4, 0.5) is 0 Å². The van der Waals surface area contributed by atoms with E-state index in [0.29, 0.717) is 24.7 Å². The first kappa shape index (κ1) is 22.2. The summed E-state index contributed by atoms with van der Waals surface area (Å²) in [4.78, 5) is 4.04. The lowest BCUT2D eigenvalue weighted by Crippen LogP contribution is -2.12. The molecule has 0 bridgehead atoms. The third-order valence-corrected chi connectivity index (χ3v) is 4.36. The van der Waals surface area contributed by atoms with Gasteiger partial charge in [-0.2, -0.15) is 4.68 Å². The molecule has 1 N–H and O–H groups in total. The van der Waals surface area contributed by atoms with E-state index in [-0.39, 0.29) is 18.4 Å². The third kappa shape index (κ3) is 5.78. The summed E-state index contributed by atoms with van der Waals surface area (Å²) in [6.07, 6.45) is 3.58. The van der Waals surface area contributed by atoms with E-state index in [9.17, 15) is 0 Å². The van der Waals surface area contributed by atoms with Crippen LogP contribution in [0.25, 0.3) is 5.69 Å². The number of hydrogen-bond acceptors (Lipinski definition) is 7. The number of halogens is 1. The van der Waals surface area contributed by atoms with Gasteiger partial charge in [-0.15, -0.1) is 12.4 Å². The molecular weight excluding hydrogens is 416 g/mol. The molecule has 0 aliphatic carbocycles. The van der Waals surface area contributed by atoms with Crippen LogP contribution in [-0.4, -0.2) is 31.8 Å². The minimum Gasteiger partial charge on any atom is -0.490 e. The van der Waals surface area contributed by atoms with Crippen molar-refractivity contribution in [2.75, 3.05) is 6.61 Å². The predicted octanol–water partition coefficient (Wildman–Crippen LogP) is 3.96. The SMILES string of the molecule is CCOc1cc(CNCc2ccncc2)ccc1Oc1nnnn1-c1ccccc1.Cl. The molecule has 8 nitrogen and oxygen atoms in total. The first-order valence-corrected chi connectivity index (χ1v) is 9.70. The van der Waals surface area contributed by atoms with Gasteiger partial charge in [0, 0.05) is 25.5 Å². The molecule has 0 atom stereocenters. The molecule has 0 fully saturated rings. The lowest BCUT2D eigenvalue weighted by atomic mass is 10.2. The summed E-state index contributed by atoms with van der Waals surface area (Å²) < 4.78 is 13.3. The van der Waals surface area contributed by atoms with Crippen LogP contribution < -0.4 is 14.8 Å². The van der Waals surface area contributed by atoms with Gasteiger partial charge in [0.1, 0.15) is 0 Å². The zero-order chi connectivity index (χ0) is 20.6. The van der Waals surface area contributed by atoms with Crippen LogP contribution in [0.1, 0.15) is 18.1 Å². The van der Waals surface area contributed by atoms with Gasteiger partial charge >= 0.3 is 6.01 Å². The molecule has 2 aromatic heterocycles. The second kappa shape index (κ2) is 11.1. The van der Waals surface area contributed by atoms with Gasteiger partial charge in [0.25, 0.3) is 0 Å². The van der Waals surface area contributed by atoms with Crippen molar-refractivity contribution in [1.29, 1.82) is 0 Å². The van der Waals surface area contributed by atoms with Gasteiger partial charge in [-0.3, -0.25) is 4.98 Å². The highest BCUT2D eigenvalue weighted by molar-refractivity contribution is 5.85. The first-order valence-electron chi connectivity index (χ1n) is 9.70. The number of tetrazole rings is 1. The van der Waals surface area contributed by atoms with Crippen LogP contribution >= 0.6 is 12.4 Å². The Labute approximate surface area is 186 Å². The van der Waals surface area contributed by atoms with Crippen LogP contribution in [0.3, 0.4) is 0 Å². The summed E-state index contributed by atoms with van der Waals surface area (Å²) in [5, 5.41) is 15.2. The van der Waals surface area contributed by atoms with Crippen molar-refractivity contribution in [3.8, 4) is 23.2 Å². The Morgan fingerprint density at radius 2 is 1.68 bits per heavy atom. The summed E-state index contributed by atoms with van der Waals surface area (Å²) in [5.41, 5.74) is 3.08. The number of aromatic nitrogens is 5. The molecular formula is C22H23ClN6O2. The van der Waals surface area contributed by atoms with Crippen LogP contribution in [0.5, 0.6) is 17.5 Å². The summed E-state index contributed by atoms with van der Waals surface area (Å²) in [7, 11) is 0. The third-order valence-electron chi connectivity index (χ3n) is 4.36. The van der Waals surface area contributed by atoms with E-state index < -0.39 is 0 Å². The Morgan fingerprint density at radius 3 is 2.45 bits per heavy atom. The molecule has 0 aliphatic heterocycles. The summed E-state index contributed by atoms with van der Waals surface area (Å²) >= 11 is 0. The molecule has 2 heterocycles. The minimum atomic E-state index is 0. The van der Waals surface area contributed by atoms with Crippen molar-refractivity contribution in [2.45, 2.75) is 20.0 Å². The van der Waals surface area contributed by atoms with Crippen LogP contribution in [0.15, 0.2) is 73.1 Å². The maximum Gasteiger partial charge on any atom is 0.346 e. The monoisotopic (exact) mass is 438 g/mol. The van der Waals surface area contributed by atoms with Crippen molar-refractivity contribution < 1.29 is 9.47 Å². The van der Waals surface area contributed by atoms with E-state index in [2.05, 4.69) is 25.8 Å². The van der Waals surface area contributed by atoms with Crippen molar-refractivity contribution >= 4 is 12.4 Å². The lowest BCUT2D eigenvalue weighted by Gasteiger charge is -2.13. The van der Waals surface area contributed by atoms with Crippen LogP contribution in [0, 0.1) is 0 Å². The number of hydrogen-bond donors (Lipinski definition) is 1. The topological polar surface area (TPSA) is 87.0 Å². The Balaban J connectivity index is 0.00000272. The first-order chi connectivity index (χ1) is 14.8. The van der Waals surface area contributed by atoms with Gasteiger partial charge in [0.05, 0.1) is 12.3 Å². The molecule has 31 heavy (non-hydrogen) atoms. The number of rotatable bonds is 9. The molecule has 4 rings (SSSR count). The maximum absolute atomic E-state index is 5.99. The standard InChI is InChI=1S/C22H22N6O2.ClH/c1-2-29-21-14-18(16-24-15-17-10-12-23-13-11-17)8-9-20(21)30-22-25-26-27-28(22)19-6-4-3-5-7-19;/h3-14,24H,2,15-16H2,1H3;1H. The highest BCUT2D eigenvalue weighted by Gasteiger charge is 2.14. The molecule has 0 saturated heterocycles. The Kier molecular flexibility index (Phi) is 7.91. The molecule has 0 unspecified atom stereocenters. The average Bonchev–Trinajstić information content (AvgIpc) is 3.25. The van der Waals surface area contributed by atoms with E-state index in [1.165, 1.54) is 5.56 Å². The summed E-state index contributed by atoms with van der Waals surface area (Å²) in [6.45, 7) is 3.92. The Bertz CT molecular complexity index is 1080. The van der Waals surface area contributed by atoms with E-state index in [1.54, 1.807) is 17.1 Å². The number of para-hydroxylation sites is 1. The molecule has 0 amide bonds. The van der Waals surface area contributed by atoms with Crippen molar-refractivity contribution in [2.24, 2.45) is 0 Å². The highest BCUT2D eigenvalue weighted by Crippen LogP contribution is 2.32. The number of pyridine rings is 1. The van der Waals surface area contributed by atoms with Gasteiger partial charge in [0.15, 0.2) is 11.5 Å². The zero-order valence-corrected chi connectivity index (χ0v) is 17.8. The second-order valence-electron chi connectivity index (χ2n) is 6.48. The van der Waals surface area contributed by atoms with Crippen molar-refractivity contribution in [1.82, 2.24) is 30.5 Å². The lowest BCUT2D eigenvalue weighted by molar-refractivity contribution is 0.315. The summed E-state index contributed by atoms with van der Waals surface area (Å²) in [5.74, 6) is 1.20. The molecule has 2 aromatic carbocycles. The normalized spacial score (nSPS) is 10.4. The Hall–Kier alpha value is -3.49. The number of nitrogens with zero attached hydrogens (tertiary/aromatic N) is 5. The molecule has 9 heteroatoms. The van der Waals surface area contributed by atoms with E-state index >= 15 is 0 Å². The highest BCUT2D eigenvalue weighted by atomic mass is 35.5. The number of ether oxygens (including phenoxy) is 2. The van der Waals surface area contributed by atoms with Gasteiger partial charge in [-0.1, -0.05) is 29.4 Å². The van der Waals surface area contributed by atoms with Gasteiger partial charge < -0.3 is 14.8 Å². The fraction of sp³-hybridized carbons (Fsp3) is 0.182. The van der Waals surface area contributed by atoms with Crippen LogP contribution in [-0.2, 0) is 13.1 Å². The average molecular weight is 439 g/mol. The molecule has 0 radical (unpaired) electrons. The number of nitrogens with one attached hydrogen (secondary N) is 1. The molecule has 0 aliphatic rings. The molecule has 4 aromatic rings. The maximum atomic E-state index is 5.99. The van der Waals surface area contributed by atoms with Gasteiger partial charge in [-0.05, 0) is 64.9 Å². The van der Waals surface area contributed by atoms with Crippen molar-refractivity contribution in [3.63, 3.8) is 0 Å². The largest absolute Gasteiger partial charge is 0.490 e. The van der Waals surface area contributed by atoms with Crippen molar-refractivity contribution in [3.05, 3.63) is 84.2 Å². The van der Waals surface area contributed by atoms with E-state index in [0.717, 1.165) is 17.8 Å². The smallest absolute Gasteiger partial charge is 0.346 e. The quantitative estimate of drug-likeness (QED) is 0.423. The summed E-state index contributed by atoms with van der Waals surface area (Å²) in [6, 6.07) is 19.7. The number of benzene rings is 2. The zero-order valence-electron chi connectivity index (χ0n) is 17.0. The predicted molar refractivity (Wildman–Crippen MR) is 119 cm³/mol. The van der Waals surface area contributed by atoms with Crippen LogP contribution in [0.2, 0.25) is 0 Å². The van der Waals surface area contributed by atoms with Gasteiger partial charge in [-0.25, -0.2) is 0 Å². The van der Waals surface area contributed by atoms with E-state index in [1.807, 2.05) is 67.6 Å². The Morgan fingerprint density at radius 1 is 0.903 bits per heavy atom. The second-order valence-corrected chi connectivity index (χ2v) is 6.48. The fourth-order valence-corrected chi connectivity index (χ4v) is 2.94. The molecule has 0 spiro atoms. The van der Waals surface area contributed by atoms with Gasteiger partial charge in [0.2, 0.25) is 0 Å².